The highest BCUT2D eigenvalue weighted by Crippen LogP contribution is 2.50. The molecule has 2 atom stereocenters. The van der Waals surface area contributed by atoms with Gasteiger partial charge in [-0.1, -0.05) is 71.4 Å². The van der Waals surface area contributed by atoms with Gasteiger partial charge >= 0.3 is 0 Å². The molecule has 0 amide bonds. The second-order valence-corrected chi connectivity index (χ2v) is 8.31. The molecule has 2 unspecified atom stereocenters. The number of aryl methyl sites for hydroxylation is 1. The number of aliphatic hydroxyl groups is 1. The van der Waals surface area contributed by atoms with E-state index >= 15 is 0 Å². The largest absolute Gasteiger partial charge is 0.366 e. The van der Waals surface area contributed by atoms with E-state index in [4.69, 9.17) is 23.2 Å². The summed E-state index contributed by atoms with van der Waals surface area (Å²) in [4.78, 5) is 6.54. The molecule has 2 aliphatic heterocycles. The van der Waals surface area contributed by atoms with Crippen molar-refractivity contribution in [2.45, 2.75) is 23.8 Å². The van der Waals surface area contributed by atoms with E-state index in [0.717, 1.165) is 18.0 Å². The standard InChI is InChI=1S/C19H18Cl2N2OS/c20-14-7-8-15(16(21)12-14)19(24)17(25-18-22-10-11-23(18)19)9-6-13-4-2-1-3-5-13/h1-5,7-8,12,17,24H,6,9-11H2. The summed E-state index contributed by atoms with van der Waals surface area (Å²) in [6, 6.07) is 15.7. The zero-order chi connectivity index (χ0) is 17.4. The maximum atomic E-state index is 11.7. The quantitative estimate of drug-likeness (QED) is 0.828. The fourth-order valence-electron chi connectivity index (χ4n) is 3.54. The zero-order valence-corrected chi connectivity index (χ0v) is 15.9. The fraction of sp³-hybridized carbons (Fsp3) is 0.316. The molecule has 0 aliphatic carbocycles. The molecule has 2 aliphatic rings. The second-order valence-electron chi connectivity index (χ2n) is 6.30. The third-order valence-electron chi connectivity index (χ3n) is 4.78. The smallest absolute Gasteiger partial charge is 0.180 e. The van der Waals surface area contributed by atoms with Crippen molar-refractivity contribution >= 4 is 40.1 Å². The lowest BCUT2D eigenvalue weighted by molar-refractivity contribution is -0.0670. The van der Waals surface area contributed by atoms with E-state index in [0.29, 0.717) is 28.7 Å². The van der Waals surface area contributed by atoms with E-state index in [9.17, 15) is 5.11 Å². The number of nitrogens with zero attached hydrogens (tertiary/aromatic N) is 2. The Bertz CT molecular complexity index is 814. The molecule has 3 nitrogen and oxygen atoms in total. The van der Waals surface area contributed by atoms with Gasteiger partial charge in [0.1, 0.15) is 0 Å². The first-order valence-corrected chi connectivity index (χ1v) is 9.93. The van der Waals surface area contributed by atoms with Gasteiger partial charge in [-0.15, -0.1) is 0 Å². The maximum absolute atomic E-state index is 11.7. The van der Waals surface area contributed by atoms with Crippen LogP contribution in [0.25, 0.3) is 0 Å². The summed E-state index contributed by atoms with van der Waals surface area (Å²) in [5.41, 5.74) is 0.814. The molecule has 25 heavy (non-hydrogen) atoms. The molecule has 0 saturated carbocycles. The van der Waals surface area contributed by atoms with Crippen LogP contribution >= 0.6 is 35.0 Å². The minimum atomic E-state index is -1.16. The molecule has 6 heteroatoms. The molecular formula is C19H18Cl2N2OS. The van der Waals surface area contributed by atoms with Crippen molar-refractivity contribution in [3.63, 3.8) is 0 Å². The molecule has 0 radical (unpaired) electrons. The lowest BCUT2D eigenvalue weighted by atomic mass is 9.93. The summed E-state index contributed by atoms with van der Waals surface area (Å²) in [6.07, 6.45) is 1.73. The van der Waals surface area contributed by atoms with Gasteiger partial charge in [-0.25, -0.2) is 0 Å². The van der Waals surface area contributed by atoms with Gasteiger partial charge in [0.2, 0.25) is 0 Å². The normalized spacial score (nSPS) is 25.2. The Morgan fingerprint density at radius 1 is 1.20 bits per heavy atom. The first kappa shape index (κ1) is 17.2. The van der Waals surface area contributed by atoms with E-state index in [-0.39, 0.29) is 5.25 Å². The molecule has 0 aromatic heterocycles. The number of halogens is 2. The predicted molar refractivity (Wildman–Crippen MR) is 106 cm³/mol. The molecule has 4 rings (SSSR count). The molecule has 130 valence electrons. The van der Waals surface area contributed by atoms with E-state index in [1.807, 2.05) is 29.2 Å². The SMILES string of the molecule is OC1(c2ccc(Cl)cc2Cl)C(CCc2ccccc2)SC2=NCCN21. The van der Waals surface area contributed by atoms with Crippen LogP contribution in [0.2, 0.25) is 10.0 Å². The third kappa shape index (κ3) is 3.06. The van der Waals surface area contributed by atoms with Crippen molar-refractivity contribution in [1.29, 1.82) is 0 Å². The minimum Gasteiger partial charge on any atom is -0.366 e. The summed E-state index contributed by atoms with van der Waals surface area (Å²) in [5, 5.41) is 13.7. The highest BCUT2D eigenvalue weighted by atomic mass is 35.5. The van der Waals surface area contributed by atoms with Gasteiger partial charge in [-0.05, 0) is 30.5 Å². The topological polar surface area (TPSA) is 35.8 Å². The first-order valence-electron chi connectivity index (χ1n) is 8.29. The van der Waals surface area contributed by atoms with E-state index in [1.165, 1.54) is 5.56 Å². The van der Waals surface area contributed by atoms with Gasteiger partial charge in [-0.3, -0.25) is 4.99 Å². The van der Waals surface area contributed by atoms with Crippen LogP contribution in [0.3, 0.4) is 0 Å². The van der Waals surface area contributed by atoms with Gasteiger partial charge in [0.15, 0.2) is 10.9 Å². The van der Waals surface area contributed by atoms with Crippen LogP contribution in [0.1, 0.15) is 17.5 Å². The van der Waals surface area contributed by atoms with Crippen LogP contribution in [0.5, 0.6) is 0 Å². The molecule has 2 aromatic carbocycles. The van der Waals surface area contributed by atoms with Crippen molar-refractivity contribution in [2.75, 3.05) is 13.1 Å². The number of thioether (sulfide) groups is 1. The zero-order valence-electron chi connectivity index (χ0n) is 13.5. The summed E-state index contributed by atoms with van der Waals surface area (Å²) >= 11 is 14.2. The van der Waals surface area contributed by atoms with E-state index in [1.54, 1.807) is 23.9 Å². The molecule has 0 bridgehead atoms. The number of hydrogen-bond donors (Lipinski definition) is 1. The molecule has 1 saturated heterocycles. The van der Waals surface area contributed by atoms with E-state index < -0.39 is 5.72 Å². The van der Waals surface area contributed by atoms with Crippen LogP contribution in [0.15, 0.2) is 53.5 Å². The number of fused-ring (bicyclic) bond motifs is 1. The molecule has 1 fully saturated rings. The summed E-state index contributed by atoms with van der Waals surface area (Å²) in [7, 11) is 0. The Morgan fingerprint density at radius 3 is 2.76 bits per heavy atom. The molecule has 2 heterocycles. The number of rotatable bonds is 4. The Labute approximate surface area is 161 Å². The number of benzene rings is 2. The van der Waals surface area contributed by atoms with Crippen LogP contribution in [-0.4, -0.2) is 33.5 Å². The maximum Gasteiger partial charge on any atom is 0.180 e. The van der Waals surface area contributed by atoms with Crippen molar-refractivity contribution < 1.29 is 5.11 Å². The van der Waals surface area contributed by atoms with Crippen LogP contribution in [0.4, 0.5) is 0 Å². The van der Waals surface area contributed by atoms with Crippen molar-refractivity contribution in [1.82, 2.24) is 4.90 Å². The van der Waals surface area contributed by atoms with Crippen molar-refractivity contribution in [2.24, 2.45) is 4.99 Å². The molecule has 0 spiro atoms. The van der Waals surface area contributed by atoms with E-state index in [2.05, 4.69) is 17.1 Å². The van der Waals surface area contributed by atoms with Gasteiger partial charge in [-0.2, -0.15) is 0 Å². The lowest BCUT2D eigenvalue weighted by Crippen LogP contribution is -2.48. The lowest BCUT2D eigenvalue weighted by Gasteiger charge is -2.37. The monoisotopic (exact) mass is 392 g/mol. The number of hydrogen-bond acceptors (Lipinski definition) is 4. The van der Waals surface area contributed by atoms with Crippen LogP contribution in [0, 0.1) is 0 Å². The average Bonchev–Trinajstić information content (AvgIpc) is 3.16. The highest BCUT2D eigenvalue weighted by Gasteiger charge is 2.54. The summed E-state index contributed by atoms with van der Waals surface area (Å²) in [6.45, 7) is 1.42. The fourth-order valence-corrected chi connectivity index (χ4v) is 5.52. The Kier molecular flexibility index (Phi) is 4.71. The summed E-state index contributed by atoms with van der Waals surface area (Å²) in [5.74, 6) is 0. The predicted octanol–water partition coefficient (Wildman–Crippen LogP) is 4.56. The Balaban J connectivity index is 1.67. The van der Waals surface area contributed by atoms with Gasteiger partial charge < -0.3 is 10.0 Å². The third-order valence-corrected chi connectivity index (χ3v) is 6.73. The van der Waals surface area contributed by atoms with Crippen molar-refractivity contribution in [3.8, 4) is 0 Å². The molecule has 2 aromatic rings. The molecule has 1 N–H and O–H groups in total. The van der Waals surface area contributed by atoms with Crippen LogP contribution in [-0.2, 0) is 12.1 Å². The first-order chi connectivity index (χ1) is 12.1. The van der Waals surface area contributed by atoms with Crippen molar-refractivity contribution in [3.05, 3.63) is 69.7 Å². The minimum absolute atomic E-state index is 0.0366. The summed E-state index contributed by atoms with van der Waals surface area (Å²) < 4.78 is 0. The second kappa shape index (κ2) is 6.84. The van der Waals surface area contributed by atoms with Gasteiger partial charge in [0.05, 0.1) is 16.8 Å². The van der Waals surface area contributed by atoms with Gasteiger partial charge in [0, 0.05) is 17.1 Å². The average molecular weight is 393 g/mol. The Hall–Kier alpha value is -1.20. The van der Waals surface area contributed by atoms with Gasteiger partial charge in [0.25, 0.3) is 0 Å². The number of aliphatic imine (C=N–C) groups is 1. The number of amidine groups is 1. The Morgan fingerprint density at radius 2 is 2.00 bits per heavy atom. The van der Waals surface area contributed by atoms with Crippen LogP contribution < -0.4 is 0 Å². The molecular weight excluding hydrogens is 375 g/mol. The highest BCUT2D eigenvalue weighted by molar-refractivity contribution is 8.14.